The van der Waals surface area contributed by atoms with Crippen molar-refractivity contribution in [3.63, 3.8) is 0 Å². The second-order valence-electron chi connectivity index (χ2n) is 4.12. The summed E-state index contributed by atoms with van der Waals surface area (Å²) in [6.07, 6.45) is 1.64. The number of carbonyl (C=O) groups is 2. The third kappa shape index (κ3) is 2.54. The number of pyridine rings is 1. The number of hydrogen-bond acceptors (Lipinski definition) is 5. The molecule has 1 atom stereocenters. The molecule has 7 nitrogen and oxygen atoms in total. The highest BCUT2D eigenvalue weighted by Crippen LogP contribution is 2.16. The summed E-state index contributed by atoms with van der Waals surface area (Å²) in [5.41, 5.74) is 1.25. The normalized spacial score (nSPS) is 12.3. The van der Waals surface area contributed by atoms with Crippen molar-refractivity contribution in [2.75, 3.05) is 0 Å². The number of carbonyl (C=O) groups excluding carboxylic acids is 1. The van der Waals surface area contributed by atoms with Crippen LogP contribution in [0.5, 0.6) is 0 Å². The van der Waals surface area contributed by atoms with Gasteiger partial charge < -0.3 is 14.9 Å². The molecule has 0 aliphatic rings. The maximum absolute atomic E-state index is 11.9. The smallest absolute Gasteiger partial charge is 0.326 e. The van der Waals surface area contributed by atoms with Gasteiger partial charge in [0.25, 0.3) is 11.6 Å². The first-order chi connectivity index (χ1) is 9.02. The van der Waals surface area contributed by atoms with Crippen molar-refractivity contribution >= 4 is 23.0 Å². The molecular formula is C12H13N3O4. The van der Waals surface area contributed by atoms with Crippen LogP contribution in [-0.2, 0) is 4.79 Å². The Labute approximate surface area is 108 Å². The molecule has 100 valence electrons. The molecular weight excluding hydrogens is 250 g/mol. The number of aromatic nitrogens is 2. The first-order valence-corrected chi connectivity index (χ1v) is 5.78. The minimum absolute atomic E-state index is 0.276. The average molecular weight is 263 g/mol. The highest BCUT2D eigenvalue weighted by atomic mass is 16.5. The van der Waals surface area contributed by atoms with E-state index in [2.05, 4.69) is 15.5 Å². The number of aliphatic carboxylic acids is 1. The van der Waals surface area contributed by atoms with E-state index in [-0.39, 0.29) is 5.56 Å². The van der Waals surface area contributed by atoms with Crippen LogP contribution in [-0.4, -0.2) is 33.2 Å². The van der Waals surface area contributed by atoms with Crippen LogP contribution in [0.15, 0.2) is 16.8 Å². The summed E-state index contributed by atoms with van der Waals surface area (Å²) in [6.45, 7) is 3.42. The Hall–Kier alpha value is -2.44. The summed E-state index contributed by atoms with van der Waals surface area (Å²) < 4.78 is 4.94. The van der Waals surface area contributed by atoms with Crippen molar-refractivity contribution in [1.82, 2.24) is 15.5 Å². The van der Waals surface area contributed by atoms with Gasteiger partial charge in [-0.05, 0) is 19.4 Å². The van der Waals surface area contributed by atoms with E-state index < -0.39 is 17.9 Å². The number of aryl methyl sites for hydroxylation is 1. The van der Waals surface area contributed by atoms with Gasteiger partial charge in [-0.25, -0.2) is 9.78 Å². The van der Waals surface area contributed by atoms with E-state index >= 15 is 0 Å². The number of hydrogen-bond donors (Lipinski definition) is 2. The molecule has 0 saturated carbocycles. The van der Waals surface area contributed by atoms with Crippen LogP contribution in [0.4, 0.5) is 0 Å². The third-order valence-corrected chi connectivity index (χ3v) is 2.78. The fraction of sp³-hybridized carbons (Fsp3) is 0.333. The van der Waals surface area contributed by atoms with Gasteiger partial charge in [0.2, 0.25) is 0 Å². The Bertz CT molecular complexity index is 635. The molecule has 2 aromatic heterocycles. The van der Waals surface area contributed by atoms with E-state index in [0.717, 1.165) is 0 Å². The topological polar surface area (TPSA) is 105 Å². The lowest BCUT2D eigenvalue weighted by molar-refractivity contribution is -0.139. The van der Waals surface area contributed by atoms with Crippen LogP contribution in [0.2, 0.25) is 0 Å². The molecule has 2 aromatic rings. The highest BCUT2D eigenvalue weighted by molar-refractivity contribution is 5.98. The third-order valence-electron chi connectivity index (χ3n) is 2.78. The molecule has 0 aromatic carbocycles. The van der Waals surface area contributed by atoms with Crippen LogP contribution in [0, 0.1) is 6.92 Å². The Kier molecular flexibility index (Phi) is 3.46. The predicted octanol–water partition coefficient (Wildman–Crippen LogP) is 1.12. The number of fused-ring (bicyclic) bond motifs is 1. The quantitative estimate of drug-likeness (QED) is 0.856. The van der Waals surface area contributed by atoms with Crippen molar-refractivity contribution in [2.45, 2.75) is 26.3 Å². The van der Waals surface area contributed by atoms with Gasteiger partial charge in [0.05, 0.1) is 16.6 Å². The van der Waals surface area contributed by atoms with E-state index in [0.29, 0.717) is 23.2 Å². The zero-order valence-corrected chi connectivity index (χ0v) is 10.5. The number of nitrogens with zero attached hydrogens (tertiary/aromatic N) is 2. The number of carboxylic acid groups (broad SMARTS) is 1. The first-order valence-electron chi connectivity index (χ1n) is 5.78. The lowest BCUT2D eigenvalue weighted by Gasteiger charge is -2.11. The fourth-order valence-electron chi connectivity index (χ4n) is 1.65. The summed E-state index contributed by atoms with van der Waals surface area (Å²) >= 11 is 0. The van der Waals surface area contributed by atoms with Crippen LogP contribution in [0.3, 0.4) is 0 Å². The molecule has 0 aliphatic carbocycles. The van der Waals surface area contributed by atoms with E-state index in [1.54, 1.807) is 19.9 Å². The van der Waals surface area contributed by atoms with Crippen LogP contribution < -0.4 is 5.32 Å². The molecule has 0 saturated heterocycles. The van der Waals surface area contributed by atoms with Gasteiger partial charge in [0.1, 0.15) is 6.04 Å². The molecule has 0 spiro atoms. The Morgan fingerprint density at radius 1 is 1.53 bits per heavy atom. The van der Waals surface area contributed by atoms with Gasteiger partial charge in [0, 0.05) is 6.20 Å². The van der Waals surface area contributed by atoms with Crippen molar-refractivity contribution in [3.05, 3.63) is 23.5 Å². The number of rotatable bonds is 4. The number of nitrogens with one attached hydrogen (secondary N) is 1. The van der Waals surface area contributed by atoms with Gasteiger partial charge in [-0.2, -0.15) is 0 Å². The Morgan fingerprint density at radius 3 is 2.89 bits per heavy atom. The van der Waals surface area contributed by atoms with E-state index in [4.69, 9.17) is 9.63 Å². The average Bonchev–Trinajstić information content (AvgIpc) is 2.76. The fourth-order valence-corrected chi connectivity index (χ4v) is 1.65. The van der Waals surface area contributed by atoms with Gasteiger partial charge in [-0.3, -0.25) is 4.79 Å². The van der Waals surface area contributed by atoms with E-state index in [1.165, 1.54) is 6.20 Å². The van der Waals surface area contributed by atoms with Crippen molar-refractivity contribution in [2.24, 2.45) is 0 Å². The maximum Gasteiger partial charge on any atom is 0.326 e. The van der Waals surface area contributed by atoms with Gasteiger partial charge in [-0.15, -0.1) is 0 Å². The van der Waals surface area contributed by atoms with Crippen molar-refractivity contribution in [3.8, 4) is 0 Å². The predicted molar refractivity (Wildman–Crippen MR) is 65.7 cm³/mol. The van der Waals surface area contributed by atoms with Crippen LogP contribution in [0.25, 0.3) is 11.1 Å². The van der Waals surface area contributed by atoms with Crippen LogP contribution in [0.1, 0.15) is 29.4 Å². The first kappa shape index (κ1) is 13.0. The molecule has 0 aliphatic heterocycles. The van der Waals surface area contributed by atoms with Crippen molar-refractivity contribution < 1.29 is 19.2 Å². The zero-order chi connectivity index (χ0) is 14.0. The monoisotopic (exact) mass is 263 g/mol. The van der Waals surface area contributed by atoms with Crippen molar-refractivity contribution in [1.29, 1.82) is 0 Å². The maximum atomic E-state index is 11.9. The Morgan fingerprint density at radius 2 is 2.26 bits per heavy atom. The molecule has 1 unspecified atom stereocenters. The molecule has 0 bridgehead atoms. The molecule has 7 heteroatoms. The Balaban J connectivity index is 2.26. The van der Waals surface area contributed by atoms with Gasteiger partial charge in [-0.1, -0.05) is 12.1 Å². The minimum atomic E-state index is -1.06. The second-order valence-corrected chi connectivity index (χ2v) is 4.12. The molecule has 2 heterocycles. The summed E-state index contributed by atoms with van der Waals surface area (Å²) in [5.74, 6) is -1.55. The molecule has 0 radical (unpaired) electrons. The molecule has 0 fully saturated rings. The van der Waals surface area contributed by atoms with Gasteiger partial charge >= 0.3 is 5.97 Å². The van der Waals surface area contributed by atoms with E-state index in [9.17, 15) is 9.59 Å². The molecule has 2 N–H and O–H groups in total. The lowest BCUT2D eigenvalue weighted by Crippen LogP contribution is -2.40. The molecule has 19 heavy (non-hydrogen) atoms. The molecule has 1 amide bonds. The second kappa shape index (κ2) is 5.05. The largest absolute Gasteiger partial charge is 0.480 e. The lowest BCUT2D eigenvalue weighted by atomic mass is 10.1. The zero-order valence-electron chi connectivity index (χ0n) is 10.5. The van der Waals surface area contributed by atoms with E-state index in [1.807, 2.05) is 0 Å². The SMILES string of the molecule is CCC(NC(=O)c1cnc2onc(C)c2c1)C(=O)O. The number of amides is 1. The van der Waals surface area contributed by atoms with Crippen LogP contribution >= 0.6 is 0 Å². The van der Waals surface area contributed by atoms with Gasteiger partial charge in [0.15, 0.2) is 0 Å². The summed E-state index contributed by atoms with van der Waals surface area (Å²) in [7, 11) is 0. The summed E-state index contributed by atoms with van der Waals surface area (Å²) in [6, 6.07) is 0.671. The summed E-state index contributed by atoms with van der Waals surface area (Å²) in [4.78, 5) is 26.8. The molecule has 2 rings (SSSR count). The standard InChI is InChI=1S/C12H13N3O4/c1-3-9(12(17)18)14-10(16)7-4-8-6(2)15-19-11(8)13-5-7/h4-5,9H,3H2,1-2H3,(H,14,16)(H,17,18). The summed E-state index contributed by atoms with van der Waals surface area (Å²) in [5, 5.41) is 15.7. The highest BCUT2D eigenvalue weighted by Gasteiger charge is 2.19. The minimum Gasteiger partial charge on any atom is -0.480 e. The number of carboxylic acids is 1.